The maximum absolute atomic E-state index is 12.8. The predicted octanol–water partition coefficient (Wildman–Crippen LogP) is 19.4. The molecule has 1 unspecified atom stereocenters. The van der Waals surface area contributed by atoms with Crippen molar-refractivity contribution in [1.29, 1.82) is 0 Å². The summed E-state index contributed by atoms with van der Waals surface area (Å²) in [5.74, 6) is -0.971. The summed E-state index contributed by atoms with van der Waals surface area (Å²) in [7, 11) is 0. The van der Waals surface area contributed by atoms with Crippen molar-refractivity contribution in [2.24, 2.45) is 0 Å². The summed E-state index contributed by atoms with van der Waals surface area (Å²) in [6.45, 7) is 6.31. The van der Waals surface area contributed by atoms with E-state index in [-0.39, 0.29) is 37.5 Å². The number of rotatable bonds is 50. The molecule has 71 heavy (non-hydrogen) atoms. The molecule has 0 radical (unpaired) electrons. The Bertz CT molecular complexity index is 1550. The van der Waals surface area contributed by atoms with Crippen LogP contribution in [0.5, 0.6) is 0 Å². The van der Waals surface area contributed by atoms with Crippen LogP contribution in [0.2, 0.25) is 0 Å². The third kappa shape index (κ3) is 56.3. The van der Waals surface area contributed by atoms with Gasteiger partial charge in [0, 0.05) is 19.3 Å². The molecule has 400 valence electrons. The lowest BCUT2D eigenvalue weighted by atomic mass is 10.1. The van der Waals surface area contributed by atoms with Gasteiger partial charge in [-0.05, 0) is 128 Å². The zero-order valence-electron chi connectivity index (χ0n) is 45.7. The Hall–Kier alpha value is -4.45. The molecule has 0 aromatic heterocycles. The molecule has 0 amide bonds. The minimum absolute atomic E-state index is 0.106. The van der Waals surface area contributed by atoms with Crippen LogP contribution in [0.15, 0.2) is 134 Å². The lowest BCUT2D eigenvalue weighted by Gasteiger charge is -2.18. The maximum Gasteiger partial charge on any atom is 0.306 e. The van der Waals surface area contributed by atoms with Crippen LogP contribution in [0, 0.1) is 0 Å². The Morgan fingerprint density at radius 1 is 0.296 bits per heavy atom. The minimum atomic E-state index is -0.811. The molecular weight excluding hydrogens is 877 g/mol. The van der Waals surface area contributed by atoms with E-state index in [1.807, 2.05) is 0 Å². The van der Waals surface area contributed by atoms with E-state index in [1.54, 1.807) is 0 Å². The third-order valence-electron chi connectivity index (χ3n) is 11.6. The number of hydrogen-bond acceptors (Lipinski definition) is 6. The van der Waals surface area contributed by atoms with E-state index >= 15 is 0 Å². The van der Waals surface area contributed by atoms with Gasteiger partial charge in [0.15, 0.2) is 6.10 Å². The molecule has 0 heterocycles. The summed E-state index contributed by atoms with van der Waals surface area (Å²) in [6, 6.07) is 0. The van der Waals surface area contributed by atoms with Crippen LogP contribution in [0.1, 0.15) is 239 Å². The zero-order chi connectivity index (χ0) is 51.4. The summed E-state index contributed by atoms with van der Waals surface area (Å²) < 4.78 is 16.8. The van der Waals surface area contributed by atoms with Crippen molar-refractivity contribution in [3.63, 3.8) is 0 Å². The molecule has 0 N–H and O–H groups in total. The van der Waals surface area contributed by atoms with E-state index in [0.717, 1.165) is 135 Å². The van der Waals surface area contributed by atoms with E-state index in [9.17, 15) is 14.4 Å². The highest BCUT2D eigenvalue weighted by Crippen LogP contribution is 2.14. The standard InChI is InChI=1S/C65H104O6/c1-4-7-10-13-16-19-22-24-26-27-28-29-30-31-32-33-34-35-36-37-39-40-43-46-49-52-55-58-64(67)70-61-62(60-69-63(66)57-54-51-48-45-42-21-18-15-12-9-6-3)71-65(68)59-56-53-50-47-44-41-38-25-23-20-17-14-11-8-5-2/h7-8,10-11,15-20,24-26,28-29,31-32,34-35,38,44,47,62H,4-6,9,12-14,21-23,27,30,33,36-37,39-43,45-46,48-61H2,1-3H3/b10-7-,11-8-,18-15-,19-16-,20-17-,26-24-,29-28-,32-31-,35-34-,38-25-,47-44-. The molecule has 0 aliphatic rings. The van der Waals surface area contributed by atoms with Gasteiger partial charge >= 0.3 is 17.9 Å². The Kier molecular flexibility index (Phi) is 54.5. The lowest BCUT2D eigenvalue weighted by Crippen LogP contribution is -2.30. The highest BCUT2D eigenvalue weighted by atomic mass is 16.6. The molecule has 0 bridgehead atoms. The molecule has 0 rings (SSSR count). The van der Waals surface area contributed by atoms with E-state index < -0.39 is 6.10 Å². The Labute approximate surface area is 436 Å². The average molecular weight is 982 g/mol. The van der Waals surface area contributed by atoms with Gasteiger partial charge in [-0.2, -0.15) is 0 Å². The molecule has 6 heteroatoms. The minimum Gasteiger partial charge on any atom is -0.462 e. The van der Waals surface area contributed by atoms with Crippen LogP contribution < -0.4 is 0 Å². The van der Waals surface area contributed by atoms with E-state index in [2.05, 4.69) is 154 Å². The first-order valence-electron chi connectivity index (χ1n) is 28.7. The van der Waals surface area contributed by atoms with Crippen molar-refractivity contribution in [2.45, 2.75) is 245 Å². The second-order valence-electron chi connectivity index (χ2n) is 18.4. The van der Waals surface area contributed by atoms with E-state index in [1.165, 1.54) is 57.8 Å². The summed E-state index contributed by atoms with van der Waals surface area (Å²) >= 11 is 0. The van der Waals surface area contributed by atoms with Gasteiger partial charge in [-0.15, -0.1) is 0 Å². The van der Waals surface area contributed by atoms with Crippen LogP contribution in [0.25, 0.3) is 0 Å². The number of carbonyl (C=O) groups excluding carboxylic acids is 3. The van der Waals surface area contributed by atoms with Crippen LogP contribution in [-0.2, 0) is 28.6 Å². The number of unbranched alkanes of at least 4 members (excludes halogenated alkanes) is 17. The zero-order valence-corrected chi connectivity index (χ0v) is 45.7. The van der Waals surface area contributed by atoms with Gasteiger partial charge in [-0.1, -0.05) is 225 Å². The Morgan fingerprint density at radius 2 is 0.549 bits per heavy atom. The number of hydrogen-bond donors (Lipinski definition) is 0. The molecule has 6 nitrogen and oxygen atoms in total. The quantitative estimate of drug-likeness (QED) is 0.0262. The van der Waals surface area contributed by atoms with Gasteiger partial charge < -0.3 is 14.2 Å². The molecule has 0 saturated carbocycles. The van der Waals surface area contributed by atoms with Crippen LogP contribution >= 0.6 is 0 Å². The number of carbonyl (C=O) groups is 3. The van der Waals surface area contributed by atoms with Gasteiger partial charge in [0.2, 0.25) is 0 Å². The van der Waals surface area contributed by atoms with Crippen LogP contribution in [0.3, 0.4) is 0 Å². The largest absolute Gasteiger partial charge is 0.462 e. The Morgan fingerprint density at radius 3 is 0.901 bits per heavy atom. The summed E-state index contributed by atoms with van der Waals surface area (Å²) in [5, 5.41) is 0. The van der Waals surface area contributed by atoms with Crippen molar-refractivity contribution < 1.29 is 28.6 Å². The van der Waals surface area contributed by atoms with Gasteiger partial charge in [-0.25, -0.2) is 0 Å². The first-order valence-corrected chi connectivity index (χ1v) is 28.7. The summed E-state index contributed by atoms with van der Waals surface area (Å²) in [5.41, 5.74) is 0. The second-order valence-corrected chi connectivity index (χ2v) is 18.4. The maximum atomic E-state index is 12.8. The predicted molar refractivity (Wildman–Crippen MR) is 306 cm³/mol. The number of allylic oxidation sites excluding steroid dienone is 22. The van der Waals surface area contributed by atoms with E-state index in [4.69, 9.17) is 14.2 Å². The molecule has 0 aromatic carbocycles. The number of esters is 3. The van der Waals surface area contributed by atoms with E-state index in [0.29, 0.717) is 19.3 Å². The smallest absolute Gasteiger partial charge is 0.306 e. The third-order valence-corrected chi connectivity index (χ3v) is 11.6. The van der Waals surface area contributed by atoms with Crippen molar-refractivity contribution in [3.05, 3.63) is 134 Å². The van der Waals surface area contributed by atoms with Gasteiger partial charge in [0.1, 0.15) is 13.2 Å². The second kappa shape index (κ2) is 58.1. The van der Waals surface area contributed by atoms with Crippen molar-refractivity contribution in [2.75, 3.05) is 13.2 Å². The summed E-state index contributed by atoms with van der Waals surface area (Å²) in [4.78, 5) is 38.1. The Balaban J connectivity index is 4.36. The monoisotopic (exact) mass is 981 g/mol. The molecule has 0 spiro atoms. The lowest BCUT2D eigenvalue weighted by molar-refractivity contribution is -0.167. The highest BCUT2D eigenvalue weighted by molar-refractivity contribution is 5.71. The topological polar surface area (TPSA) is 78.9 Å². The fourth-order valence-corrected chi connectivity index (χ4v) is 7.36. The molecule has 0 aliphatic heterocycles. The van der Waals surface area contributed by atoms with Crippen molar-refractivity contribution in [1.82, 2.24) is 0 Å². The average Bonchev–Trinajstić information content (AvgIpc) is 3.37. The molecule has 0 saturated heterocycles. The normalized spacial score (nSPS) is 13.1. The summed E-state index contributed by atoms with van der Waals surface area (Å²) in [6.07, 6.45) is 81.6. The van der Waals surface area contributed by atoms with Crippen LogP contribution in [0.4, 0.5) is 0 Å². The first-order chi connectivity index (χ1) is 35.0. The van der Waals surface area contributed by atoms with Gasteiger partial charge in [-0.3, -0.25) is 14.4 Å². The van der Waals surface area contributed by atoms with Gasteiger partial charge in [0.05, 0.1) is 0 Å². The van der Waals surface area contributed by atoms with Crippen molar-refractivity contribution in [3.8, 4) is 0 Å². The molecule has 1 atom stereocenters. The number of ether oxygens (including phenoxy) is 3. The molecule has 0 aromatic rings. The van der Waals surface area contributed by atoms with Crippen LogP contribution in [-0.4, -0.2) is 37.2 Å². The highest BCUT2D eigenvalue weighted by Gasteiger charge is 2.19. The fraction of sp³-hybridized carbons (Fsp3) is 0.615. The molecule has 0 aliphatic carbocycles. The van der Waals surface area contributed by atoms with Gasteiger partial charge in [0.25, 0.3) is 0 Å². The SMILES string of the molecule is CC/C=C\C/C=C\C/C=C\C/C=C\C/C=C\C/C=C\CCCCCCCCCCC(=O)OCC(COC(=O)CCCCCCC/C=C\CCCC)OC(=O)CCCC/C=C\C/C=C\C/C=C\C/C=C\CC. The molecular formula is C65H104O6. The first kappa shape index (κ1) is 66.6. The molecule has 0 fully saturated rings. The van der Waals surface area contributed by atoms with Crippen molar-refractivity contribution >= 4 is 17.9 Å². The fourth-order valence-electron chi connectivity index (χ4n) is 7.36.